The Morgan fingerprint density at radius 3 is 2.90 bits per heavy atom. The number of hydrazine groups is 1. The van der Waals surface area contributed by atoms with Gasteiger partial charge in [-0.15, -0.1) is 0 Å². The van der Waals surface area contributed by atoms with E-state index in [-0.39, 0.29) is 10.7 Å². The number of carbonyl (C=O) groups is 1. The van der Waals surface area contributed by atoms with Gasteiger partial charge in [0.15, 0.2) is 0 Å². The van der Waals surface area contributed by atoms with Crippen molar-refractivity contribution in [1.82, 2.24) is 4.90 Å². The smallest absolute Gasteiger partial charge is 0.256 e. The lowest BCUT2D eigenvalue weighted by Crippen LogP contribution is -2.34. The van der Waals surface area contributed by atoms with E-state index in [9.17, 15) is 4.79 Å². The molecule has 0 saturated carbocycles. The summed E-state index contributed by atoms with van der Waals surface area (Å²) in [7, 11) is 0. The van der Waals surface area contributed by atoms with Crippen molar-refractivity contribution in [2.24, 2.45) is 5.84 Å². The minimum absolute atomic E-state index is 0.0150. The Morgan fingerprint density at radius 2 is 2.20 bits per heavy atom. The third-order valence-corrected chi connectivity index (χ3v) is 5.10. The highest BCUT2D eigenvalue weighted by molar-refractivity contribution is 8.00. The van der Waals surface area contributed by atoms with Gasteiger partial charge in [-0.25, -0.2) is 0 Å². The topological polar surface area (TPSA) is 58.4 Å². The highest BCUT2D eigenvalue weighted by Crippen LogP contribution is 2.31. The molecule has 3 N–H and O–H groups in total. The van der Waals surface area contributed by atoms with Gasteiger partial charge in [-0.05, 0) is 24.6 Å². The van der Waals surface area contributed by atoms with Crippen LogP contribution < -0.4 is 11.3 Å². The van der Waals surface area contributed by atoms with E-state index in [0.29, 0.717) is 16.3 Å². The normalized spacial score (nSPS) is 18.5. The molecule has 1 amide bonds. The first-order valence-electron chi connectivity index (χ1n) is 6.62. The predicted molar refractivity (Wildman–Crippen MR) is 86.3 cm³/mol. The van der Waals surface area contributed by atoms with E-state index in [2.05, 4.69) is 19.3 Å². The molecular formula is C14H20ClN3OS. The fraction of sp³-hybridized carbons (Fsp3) is 0.500. The second-order valence-electron chi connectivity index (χ2n) is 5.48. The zero-order valence-electron chi connectivity index (χ0n) is 11.8. The van der Waals surface area contributed by atoms with Crippen LogP contribution in [0, 0.1) is 0 Å². The number of nitrogens with one attached hydrogen (secondary N) is 1. The second kappa shape index (κ2) is 6.24. The van der Waals surface area contributed by atoms with E-state index in [1.165, 1.54) is 0 Å². The number of rotatable bonds is 2. The quantitative estimate of drug-likeness (QED) is 0.651. The van der Waals surface area contributed by atoms with E-state index in [1.807, 2.05) is 16.7 Å². The number of amides is 1. The van der Waals surface area contributed by atoms with Gasteiger partial charge in [0, 0.05) is 28.6 Å². The molecule has 1 aliphatic heterocycles. The summed E-state index contributed by atoms with van der Waals surface area (Å²) in [5, 5.41) is 0.539. The number of benzene rings is 1. The highest BCUT2D eigenvalue weighted by atomic mass is 35.5. The summed E-state index contributed by atoms with van der Waals surface area (Å²) in [6, 6.07) is 5.11. The molecule has 20 heavy (non-hydrogen) atoms. The molecule has 0 aliphatic carbocycles. The van der Waals surface area contributed by atoms with Crippen LogP contribution in [0.2, 0.25) is 5.02 Å². The molecule has 0 bridgehead atoms. The minimum atomic E-state index is -0.0150. The Balaban J connectivity index is 2.21. The molecule has 1 aromatic carbocycles. The predicted octanol–water partition coefficient (Wildman–Crippen LogP) is 2.98. The second-order valence-corrected chi connectivity index (χ2v) is 7.72. The standard InChI is InChI=1S/C14H20ClN3OS/c1-14(2)5-6-18(7-8-20-14)13(19)11-9-10(15)3-4-12(11)17-16/h3-4,9,17H,5-8,16H2,1-2H3. The van der Waals surface area contributed by atoms with Crippen LogP contribution in [0.15, 0.2) is 18.2 Å². The van der Waals surface area contributed by atoms with E-state index >= 15 is 0 Å². The lowest BCUT2D eigenvalue weighted by Gasteiger charge is -2.23. The van der Waals surface area contributed by atoms with Crippen LogP contribution in [0.1, 0.15) is 30.6 Å². The molecule has 0 spiro atoms. The van der Waals surface area contributed by atoms with Crippen molar-refractivity contribution in [2.45, 2.75) is 25.0 Å². The number of nitrogens with zero attached hydrogens (tertiary/aromatic N) is 1. The maximum absolute atomic E-state index is 12.7. The lowest BCUT2D eigenvalue weighted by atomic mass is 10.1. The van der Waals surface area contributed by atoms with Crippen LogP contribution in [-0.2, 0) is 0 Å². The van der Waals surface area contributed by atoms with E-state index in [4.69, 9.17) is 17.4 Å². The zero-order valence-corrected chi connectivity index (χ0v) is 13.4. The molecule has 0 aromatic heterocycles. The third-order valence-electron chi connectivity index (χ3n) is 3.49. The largest absolute Gasteiger partial charge is 0.338 e. The van der Waals surface area contributed by atoms with Gasteiger partial charge in [0.1, 0.15) is 0 Å². The van der Waals surface area contributed by atoms with Gasteiger partial charge in [0.05, 0.1) is 11.3 Å². The van der Waals surface area contributed by atoms with Gasteiger partial charge in [-0.2, -0.15) is 11.8 Å². The molecule has 1 heterocycles. The molecule has 2 rings (SSSR count). The van der Waals surface area contributed by atoms with Crippen molar-refractivity contribution in [3.63, 3.8) is 0 Å². The van der Waals surface area contributed by atoms with Crippen LogP contribution in [0.4, 0.5) is 5.69 Å². The summed E-state index contributed by atoms with van der Waals surface area (Å²) in [6.07, 6.45) is 0.982. The SMILES string of the molecule is CC1(C)CCN(C(=O)c2cc(Cl)ccc2NN)CCS1. The lowest BCUT2D eigenvalue weighted by molar-refractivity contribution is 0.0765. The van der Waals surface area contributed by atoms with Crippen molar-refractivity contribution < 1.29 is 4.79 Å². The van der Waals surface area contributed by atoms with Gasteiger partial charge in [-0.1, -0.05) is 25.4 Å². The van der Waals surface area contributed by atoms with Crippen molar-refractivity contribution in [2.75, 3.05) is 24.3 Å². The Hall–Kier alpha value is -0.910. The summed E-state index contributed by atoms with van der Waals surface area (Å²) in [5.41, 5.74) is 3.70. The van der Waals surface area contributed by atoms with Gasteiger partial charge in [-0.3, -0.25) is 10.6 Å². The number of thioether (sulfide) groups is 1. The number of hydrogen-bond donors (Lipinski definition) is 2. The highest BCUT2D eigenvalue weighted by Gasteiger charge is 2.27. The van der Waals surface area contributed by atoms with Crippen molar-refractivity contribution in [3.8, 4) is 0 Å². The maximum Gasteiger partial charge on any atom is 0.256 e. The molecular weight excluding hydrogens is 294 g/mol. The molecule has 1 saturated heterocycles. The van der Waals surface area contributed by atoms with Gasteiger partial charge < -0.3 is 10.3 Å². The van der Waals surface area contributed by atoms with Crippen LogP contribution >= 0.6 is 23.4 Å². The molecule has 0 atom stereocenters. The zero-order chi connectivity index (χ0) is 14.8. The summed E-state index contributed by atoms with van der Waals surface area (Å²) < 4.78 is 0.221. The van der Waals surface area contributed by atoms with Crippen molar-refractivity contribution in [1.29, 1.82) is 0 Å². The van der Waals surface area contributed by atoms with Gasteiger partial charge >= 0.3 is 0 Å². The van der Waals surface area contributed by atoms with E-state index in [0.717, 1.165) is 25.3 Å². The van der Waals surface area contributed by atoms with Crippen LogP contribution in [0.5, 0.6) is 0 Å². The van der Waals surface area contributed by atoms with E-state index < -0.39 is 0 Å². The first-order chi connectivity index (χ1) is 9.43. The Kier molecular flexibility index (Phi) is 4.83. The van der Waals surface area contributed by atoms with Crippen molar-refractivity contribution >= 4 is 35.0 Å². The number of nitrogen functional groups attached to an aromatic ring is 1. The maximum atomic E-state index is 12.7. The Morgan fingerprint density at radius 1 is 1.45 bits per heavy atom. The molecule has 110 valence electrons. The first kappa shape index (κ1) is 15.5. The number of carbonyl (C=O) groups excluding carboxylic acids is 1. The van der Waals surface area contributed by atoms with Crippen LogP contribution in [-0.4, -0.2) is 34.4 Å². The third kappa shape index (κ3) is 3.59. The monoisotopic (exact) mass is 313 g/mol. The Labute approximate surface area is 129 Å². The fourth-order valence-corrected chi connectivity index (χ4v) is 3.49. The molecule has 0 radical (unpaired) electrons. The van der Waals surface area contributed by atoms with E-state index in [1.54, 1.807) is 18.2 Å². The molecule has 6 heteroatoms. The molecule has 1 aromatic rings. The number of nitrogens with two attached hydrogens (primary N) is 1. The summed E-state index contributed by atoms with van der Waals surface area (Å²) >= 11 is 7.90. The molecule has 1 fully saturated rings. The Bertz CT molecular complexity index is 507. The van der Waals surface area contributed by atoms with Crippen molar-refractivity contribution in [3.05, 3.63) is 28.8 Å². The fourth-order valence-electron chi connectivity index (χ4n) is 2.21. The average Bonchev–Trinajstić information content (AvgIpc) is 2.59. The molecule has 1 aliphatic rings. The summed E-state index contributed by atoms with van der Waals surface area (Å²) in [4.78, 5) is 14.5. The number of halogens is 1. The molecule has 0 unspecified atom stereocenters. The van der Waals surface area contributed by atoms with Crippen LogP contribution in [0.3, 0.4) is 0 Å². The minimum Gasteiger partial charge on any atom is -0.338 e. The van der Waals surface area contributed by atoms with Gasteiger partial charge in [0.25, 0.3) is 5.91 Å². The number of anilines is 1. The average molecular weight is 314 g/mol. The summed E-state index contributed by atoms with van der Waals surface area (Å²) in [6.45, 7) is 5.95. The molecule has 4 nitrogen and oxygen atoms in total. The van der Waals surface area contributed by atoms with Gasteiger partial charge in [0.2, 0.25) is 0 Å². The van der Waals surface area contributed by atoms with Crippen LogP contribution in [0.25, 0.3) is 0 Å². The number of hydrogen-bond acceptors (Lipinski definition) is 4. The first-order valence-corrected chi connectivity index (χ1v) is 7.99. The summed E-state index contributed by atoms with van der Waals surface area (Å²) in [5.74, 6) is 6.41.